The Hall–Kier alpha value is -0.970. The number of hydrogen-bond acceptors (Lipinski definition) is 12. The van der Waals surface area contributed by atoms with E-state index in [0.717, 1.165) is 32.1 Å². The smallest absolute Gasteiger partial charge is 0.332 e. The van der Waals surface area contributed by atoms with E-state index >= 15 is 0 Å². The zero-order valence-corrected chi connectivity index (χ0v) is 22.9. The summed E-state index contributed by atoms with van der Waals surface area (Å²) in [4.78, 5) is 22.7. The summed E-state index contributed by atoms with van der Waals surface area (Å²) < 4.78 is 37.8. The standard InChI is InChI=1S/C27H42O13/c1-3-13-5-4-6-14(20(13)38-25-19(30)18(29)17(28)12(2)34-25)36-26-23-22(21-16(37-26)11-33-40-21)35-15(24(31)32)7-8-27(39-23)9-10-27/h12-23,25-26,28-30H,3-11H2,1-2H3,(H,31,32)/t12?,13-,14-,15-,16?,17-,18?,19+,20?,21+,22?,23?,25+,26-/m1/s1. The molecule has 4 aliphatic heterocycles. The second kappa shape index (κ2) is 11.6. The maximum atomic E-state index is 12.0. The summed E-state index contributed by atoms with van der Waals surface area (Å²) in [7, 11) is 0. The molecular weight excluding hydrogens is 532 g/mol. The van der Waals surface area contributed by atoms with Crippen LogP contribution in [0.1, 0.15) is 65.2 Å². The summed E-state index contributed by atoms with van der Waals surface area (Å²) in [6.07, 6.45) is -5.84. The van der Waals surface area contributed by atoms with E-state index in [1.54, 1.807) is 6.92 Å². The topological polar surface area (TPSA) is 172 Å². The zero-order valence-electron chi connectivity index (χ0n) is 22.9. The number of carboxylic acids is 1. The number of fused-ring (bicyclic) bond motifs is 3. The van der Waals surface area contributed by atoms with E-state index in [2.05, 4.69) is 6.92 Å². The molecule has 0 bridgehead atoms. The van der Waals surface area contributed by atoms with Gasteiger partial charge in [0.05, 0.1) is 23.9 Å². The van der Waals surface area contributed by atoms with Gasteiger partial charge in [0.2, 0.25) is 0 Å². The predicted molar refractivity (Wildman–Crippen MR) is 132 cm³/mol. The van der Waals surface area contributed by atoms with Crippen molar-refractivity contribution >= 4 is 5.97 Å². The molecule has 0 radical (unpaired) electrons. The predicted octanol–water partition coefficient (Wildman–Crippen LogP) is 0.400. The van der Waals surface area contributed by atoms with Crippen molar-refractivity contribution in [2.45, 2.75) is 151 Å². The molecule has 4 N–H and O–H groups in total. The molecule has 14 atom stereocenters. The Morgan fingerprint density at radius 3 is 2.42 bits per heavy atom. The Balaban J connectivity index is 1.24. The average molecular weight is 575 g/mol. The molecule has 0 aromatic carbocycles. The highest BCUT2D eigenvalue weighted by Gasteiger charge is 2.59. The molecule has 2 saturated carbocycles. The number of aliphatic hydroxyl groups excluding tert-OH is 3. The van der Waals surface area contributed by atoms with Crippen LogP contribution < -0.4 is 0 Å². The van der Waals surface area contributed by atoms with Crippen LogP contribution in [0.2, 0.25) is 0 Å². The van der Waals surface area contributed by atoms with Crippen molar-refractivity contribution in [2.24, 2.45) is 5.92 Å². The summed E-state index contributed by atoms with van der Waals surface area (Å²) in [6.45, 7) is 3.81. The molecule has 2 aliphatic carbocycles. The van der Waals surface area contributed by atoms with Gasteiger partial charge in [-0.1, -0.05) is 19.8 Å². The van der Waals surface area contributed by atoms with Crippen molar-refractivity contribution in [3.8, 4) is 0 Å². The number of aliphatic carboxylic acids is 1. The largest absolute Gasteiger partial charge is 0.479 e. The number of carboxylic acid groups (broad SMARTS) is 1. The van der Waals surface area contributed by atoms with Gasteiger partial charge in [0.15, 0.2) is 24.8 Å². The number of aliphatic hydroxyl groups is 3. The van der Waals surface area contributed by atoms with Crippen molar-refractivity contribution < 1.29 is 63.4 Å². The molecule has 6 rings (SSSR count). The first kappa shape index (κ1) is 29.1. The maximum absolute atomic E-state index is 12.0. The summed E-state index contributed by atoms with van der Waals surface area (Å²) in [5.41, 5.74) is -0.445. The summed E-state index contributed by atoms with van der Waals surface area (Å²) in [5, 5.41) is 40.9. The van der Waals surface area contributed by atoms with Gasteiger partial charge in [0.1, 0.15) is 43.2 Å². The van der Waals surface area contributed by atoms with Crippen LogP contribution in [0, 0.1) is 5.92 Å². The maximum Gasteiger partial charge on any atom is 0.332 e. The van der Waals surface area contributed by atoms with E-state index in [1.807, 2.05) is 0 Å². The van der Waals surface area contributed by atoms with Crippen LogP contribution in [0.25, 0.3) is 0 Å². The van der Waals surface area contributed by atoms with Crippen molar-refractivity contribution in [1.82, 2.24) is 0 Å². The van der Waals surface area contributed by atoms with Crippen molar-refractivity contribution in [3.05, 3.63) is 0 Å². The Bertz CT molecular complexity index is 900. The van der Waals surface area contributed by atoms with Gasteiger partial charge in [-0.05, 0) is 51.4 Å². The van der Waals surface area contributed by atoms with Crippen molar-refractivity contribution in [3.63, 3.8) is 0 Å². The van der Waals surface area contributed by atoms with Crippen LogP contribution in [0.4, 0.5) is 0 Å². The fourth-order valence-electron chi connectivity index (χ4n) is 6.84. The lowest BCUT2D eigenvalue weighted by molar-refractivity contribution is -0.365. The van der Waals surface area contributed by atoms with Gasteiger partial charge < -0.3 is 48.8 Å². The average Bonchev–Trinajstić information content (AvgIpc) is 3.54. The van der Waals surface area contributed by atoms with Gasteiger partial charge in [0.25, 0.3) is 0 Å². The molecule has 40 heavy (non-hydrogen) atoms. The molecule has 13 nitrogen and oxygen atoms in total. The fourth-order valence-corrected chi connectivity index (χ4v) is 6.84. The van der Waals surface area contributed by atoms with Gasteiger partial charge in [-0.2, -0.15) is 0 Å². The van der Waals surface area contributed by atoms with Crippen LogP contribution in [0.5, 0.6) is 0 Å². The lowest BCUT2D eigenvalue weighted by Gasteiger charge is -2.48. The van der Waals surface area contributed by atoms with Gasteiger partial charge in [-0.25, -0.2) is 14.6 Å². The van der Waals surface area contributed by atoms with E-state index < -0.39 is 91.3 Å². The monoisotopic (exact) mass is 574 g/mol. The first-order valence-electron chi connectivity index (χ1n) is 14.7. The highest BCUT2D eigenvalue weighted by atomic mass is 17.2. The van der Waals surface area contributed by atoms with Gasteiger partial charge >= 0.3 is 5.97 Å². The number of carbonyl (C=O) groups is 1. The molecular formula is C27H42O13. The van der Waals surface area contributed by atoms with Crippen molar-refractivity contribution in [2.75, 3.05) is 6.61 Å². The van der Waals surface area contributed by atoms with Crippen LogP contribution in [-0.2, 0) is 43.0 Å². The van der Waals surface area contributed by atoms with Crippen LogP contribution in [-0.4, -0.2) is 118 Å². The third-order valence-electron chi connectivity index (χ3n) is 9.48. The Labute approximate surface area is 232 Å². The van der Waals surface area contributed by atoms with Crippen molar-refractivity contribution in [1.29, 1.82) is 0 Å². The van der Waals surface area contributed by atoms with Gasteiger partial charge in [-0.15, -0.1) is 0 Å². The molecule has 6 aliphatic rings. The van der Waals surface area contributed by atoms with E-state index in [0.29, 0.717) is 19.3 Å². The lowest BCUT2D eigenvalue weighted by Crippen LogP contribution is -2.63. The molecule has 0 aromatic rings. The van der Waals surface area contributed by atoms with E-state index in [1.165, 1.54) is 0 Å². The fraction of sp³-hybridized carbons (Fsp3) is 0.963. The third kappa shape index (κ3) is 5.55. The quantitative estimate of drug-likeness (QED) is 0.322. The SMILES string of the molecule is CC[C@@H]1CCC[C@@H](O[C@@H]2OC3COO[C@@H]3C3O[C@@H](C(=O)O)CCC4(CC4)OC32)C1O[C@@H]1OC(C)[C@@H](O)C(O)[C@@H]1O. The zero-order chi connectivity index (χ0) is 28.2. The normalized spacial score (nSPS) is 50.4. The first-order chi connectivity index (χ1) is 19.2. The molecule has 6 fully saturated rings. The second-order valence-electron chi connectivity index (χ2n) is 12.2. The van der Waals surface area contributed by atoms with Gasteiger partial charge in [-0.3, -0.25) is 0 Å². The highest BCUT2D eigenvalue weighted by molar-refractivity contribution is 5.72. The number of rotatable bonds is 6. The molecule has 1 spiro atoms. The minimum Gasteiger partial charge on any atom is -0.479 e. The van der Waals surface area contributed by atoms with Crippen LogP contribution in [0.3, 0.4) is 0 Å². The second-order valence-corrected chi connectivity index (χ2v) is 12.2. The third-order valence-corrected chi connectivity index (χ3v) is 9.48. The lowest BCUT2D eigenvalue weighted by atomic mass is 9.82. The summed E-state index contributed by atoms with van der Waals surface area (Å²) >= 11 is 0. The van der Waals surface area contributed by atoms with E-state index in [-0.39, 0.29) is 12.5 Å². The van der Waals surface area contributed by atoms with Crippen LogP contribution in [0.15, 0.2) is 0 Å². The first-order valence-corrected chi connectivity index (χ1v) is 14.7. The van der Waals surface area contributed by atoms with E-state index in [4.69, 9.17) is 38.2 Å². The Kier molecular flexibility index (Phi) is 8.45. The number of hydrogen-bond donors (Lipinski definition) is 4. The molecule has 0 aromatic heterocycles. The van der Waals surface area contributed by atoms with E-state index in [9.17, 15) is 25.2 Å². The summed E-state index contributed by atoms with van der Waals surface area (Å²) in [6, 6.07) is 0. The van der Waals surface area contributed by atoms with Gasteiger partial charge in [0, 0.05) is 0 Å². The molecule has 6 unspecified atom stereocenters. The minimum absolute atomic E-state index is 0.0831. The molecule has 13 heteroatoms. The summed E-state index contributed by atoms with van der Waals surface area (Å²) in [5.74, 6) is -0.949. The minimum atomic E-state index is -1.43. The number of ether oxygens (including phenoxy) is 6. The molecule has 0 amide bonds. The van der Waals surface area contributed by atoms with Crippen LogP contribution >= 0.6 is 0 Å². The molecule has 228 valence electrons. The Morgan fingerprint density at radius 2 is 1.70 bits per heavy atom. The Morgan fingerprint density at radius 1 is 0.900 bits per heavy atom. The highest BCUT2D eigenvalue weighted by Crippen LogP contribution is 2.49. The molecule has 4 heterocycles. The molecule has 4 saturated heterocycles.